The molecule has 0 amide bonds. The van der Waals surface area contributed by atoms with Crippen molar-refractivity contribution in [2.45, 2.75) is 19.3 Å². The van der Waals surface area contributed by atoms with E-state index in [1.165, 1.54) is 22.3 Å². The Morgan fingerprint density at radius 1 is 0.621 bits per heavy atom. The van der Waals surface area contributed by atoms with E-state index < -0.39 is 0 Å². The molecule has 4 nitrogen and oxygen atoms in total. The van der Waals surface area contributed by atoms with E-state index in [0.717, 1.165) is 11.4 Å². The monoisotopic (exact) mass is 390 g/mol. The van der Waals surface area contributed by atoms with Crippen LogP contribution in [0.15, 0.2) is 72.8 Å². The molecule has 0 fully saturated rings. The maximum absolute atomic E-state index is 9.03. The number of nitrogens with one attached hydrogen (secondary N) is 2. The molecule has 0 saturated heterocycles. The Kier molecular flexibility index (Phi) is 6.91. The van der Waals surface area contributed by atoms with E-state index in [2.05, 4.69) is 97.3 Å². The van der Waals surface area contributed by atoms with Crippen molar-refractivity contribution in [3.05, 3.63) is 95.1 Å². The molecule has 0 bridgehead atoms. The second-order valence-corrected chi connectivity index (χ2v) is 7.45. The van der Waals surface area contributed by atoms with Gasteiger partial charge in [0.25, 0.3) is 0 Å². The van der Waals surface area contributed by atoms with Gasteiger partial charge in [-0.2, -0.15) is 0 Å². The molecule has 3 aromatic rings. The van der Waals surface area contributed by atoms with Gasteiger partial charge in [-0.25, -0.2) is 0 Å². The standard InChI is InChI=1S/C25H30N2O2/c1-19-3-5-20(6-4-19)25(2,21-7-11-23(12-8-21)26-15-17-28)22-9-13-24(14-10-22)27-16-18-29/h3-14,26-29H,15-18H2,1-2H3. The first-order valence-electron chi connectivity index (χ1n) is 10.1. The zero-order valence-corrected chi connectivity index (χ0v) is 17.2. The number of hydrogen-bond acceptors (Lipinski definition) is 4. The van der Waals surface area contributed by atoms with Crippen molar-refractivity contribution in [2.24, 2.45) is 0 Å². The Morgan fingerprint density at radius 2 is 0.966 bits per heavy atom. The minimum atomic E-state index is -0.307. The normalized spacial score (nSPS) is 11.3. The van der Waals surface area contributed by atoms with Crippen LogP contribution in [0.3, 0.4) is 0 Å². The summed E-state index contributed by atoms with van der Waals surface area (Å²) >= 11 is 0. The zero-order valence-electron chi connectivity index (χ0n) is 17.2. The van der Waals surface area contributed by atoms with Crippen LogP contribution in [-0.4, -0.2) is 36.5 Å². The van der Waals surface area contributed by atoms with Crippen molar-refractivity contribution in [2.75, 3.05) is 36.9 Å². The van der Waals surface area contributed by atoms with E-state index in [1.807, 2.05) is 0 Å². The number of rotatable bonds is 9. The van der Waals surface area contributed by atoms with Crippen molar-refractivity contribution in [1.29, 1.82) is 0 Å². The minimum Gasteiger partial charge on any atom is -0.395 e. The molecule has 3 rings (SSSR count). The molecule has 0 aliphatic carbocycles. The largest absolute Gasteiger partial charge is 0.395 e. The number of anilines is 2. The van der Waals surface area contributed by atoms with Gasteiger partial charge in [-0.3, -0.25) is 0 Å². The summed E-state index contributed by atoms with van der Waals surface area (Å²) in [5, 5.41) is 24.5. The van der Waals surface area contributed by atoms with Gasteiger partial charge >= 0.3 is 0 Å². The van der Waals surface area contributed by atoms with Gasteiger partial charge in [0.15, 0.2) is 0 Å². The molecule has 4 heteroatoms. The lowest BCUT2D eigenvalue weighted by Crippen LogP contribution is -2.25. The topological polar surface area (TPSA) is 64.5 Å². The zero-order chi connectivity index (χ0) is 20.7. The molecule has 0 saturated carbocycles. The van der Waals surface area contributed by atoms with Crippen LogP contribution in [0.4, 0.5) is 11.4 Å². The fourth-order valence-electron chi connectivity index (χ4n) is 3.63. The van der Waals surface area contributed by atoms with Gasteiger partial charge < -0.3 is 20.8 Å². The first kappa shape index (κ1) is 20.9. The third kappa shape index (κ3) is 4.78. The lowest BCUT2D eigenvalue weighted by Gasteiger charge is -2.32. The Bertz CT molecular complexity index is 836. The molecule has 0 unspecified atom stereocenters. The van der Waals surface area contributed by atoms with Crippen LogP contribution >= 0.6 is 0 Å². The fraction of sp³-hybridized carbons (Fsp3) is 0.280. The highest BCUT2D eigenvalue weighted by molar-refractivity contribution is 5.56. The lowest BCUT2D eigenvalue weighted by molar-refractivity contribution is 0.311. The van der Waals surface area contributed by atoms with Crippen molar-refractivity contribution < 1.29 is 10.2 Å². The average Bonchev–Trinajstić information content (AvgIpc) is 2.77. The number of aliphatic hydroxyl groups is 2. The minimum absolute atomic E-state index is 0.111. The summed E-state index contributed by atoms with van der Waals surface area (Å²) in [6, 6.07) is 25.6. The molecule has 0 aliphatic heterocycles. The van der Waals surface area contributed by atoms with Crippen LogP contribution in [0, 0.1) is 6.92 Å². The molecular formula is C25H30N2O2. The van der Waals surface area contributed by atoms with Crippen LogP contribution in [0.5, 0.6) is 0 Å². The van der Waals surface area contributed by atoms with Gasteiger partial charge in [-0.15, -0.1) is 0 Å². The summed E-state index contributed by atoms with van der Waals surface area (Å²) < 4.78 is 0. The third-order valence-electron chi connectivity index (χ3n) is 5.44. The maximum Gasteiger partial charge on any atom is 0.0604 e. The van der Waals surface area contributed by atoms with Crippen molar-refractivity contribution >= 4 is 11.4 Å². The predicted octanol–water partition coefficient (Wildman–Crippen LogP) is 4.16. The van der Waals surface area contributed by atoms with Crippen LogP contribution in [-0.2, 0) is 5.41 Å². The second kappa shape index (κ2) is 9.59. The molecule has 0 radical (unpaired) electrons. The Hall–Kier alpha value is -2.82. The van der Waals surface area contributed by atoms with Gasteiger partial charge in [0.1, 0.15) is 0 Å². The Morgan fingerprint density at radius 3 is 1.31 bits per heavy atom. The summed E-state index contributed by atoms with van der Waals surface area (Å²) in [5.74, 6) is 0. The highest BCUT2D eigenvalue weighted by atomic mass is 16.3. The van der Waals surface area contributed by atoms with E-state index in [0.29, 0.717) is 13.1 Å². The molecule has 0 heterocycles. The van der Waals surface area contributed by atoms with Gasteiger partial charge in [0.05, 0.1) is 13.2 Å². The molecule has 0 spiro atoms. The number of benzene rings is 3. The number of aryl methyl sites for hydroxylation is 1. The molecule has 152 valence electrons. The molecular weight excluding hydrogens is 360 g/mol. The van der Waals surface area contributed by atoms with E-state index >= 15 is 0 Å². The van der Waals surface area contributed by atoms with Gasteiger partial charge in [-0.1, -0.05) is 54.1 Å². The van der Waals surface area contributed by atoms with E-state index in [1.54, 1.807) is 0 Å². The number of hydrogen-bond donors (Lipinski definition) is 4. The molecule has 3 aromatic carbocycles. The van der Waals surface area contributed by atoms with Crippen LogP contribution in [0.2, 0.25) is 0 Å². The SMILES string of the molecule is Cc1ccc(C(C)(c2ccc(NCCO)cc2)c2ccc(NCCO)cc2)cc1. The van der Waals surface area contributed by atoms with Crippen molar-refractivity contribution in [3.8, 4) is 0 Å². The van der Waals surface area contributed by atoms with E-state index in [4.69, 9.17) is 10.2 Å². The van der Waals surface area contributed by atoms with E-state index in [9.17, 15) is 0 Å². The first-order valence-corrected chi connectivity index (χ1v) is 10.1. The van der Waals surface area contributed by atoms with Crippen LogP contribution in [0.1, 0.15) is 29.2 Å². The maximum atomic E-state index is 9.03. The van der Waals surface area contributed by atoms with E-state index in [-0.39, 0.29) is 18.6 Å². The van der Waals surface area contributed by atoms with Gasteiger partial charge in [-0.05, 0) is 54.8 Å². The fourth-order valence-corrected chi connectivity index (χ4v) is 3.63. The van der Waals surface area contributed by atoms with Gasteiger partial charge in [0.2, 0.25) is 0 Å². The molecule has 0 aliphatic rings. The van der Waals surface area contributed by atoms with Crippen molar-refractivity contribution in [1.82, 2.24) is 0 Å². The first-order chi connectivity index (χ1) is 14.1. The Labute approximate surface area is 173 Å². The smallest absolute Gasteiger partial charge is 0.0604 e. The third-order valence-corrected chi connectivity index (χ3v) is 5.44. The summed E-state index contributed by atoms with van der Waals surface area (Å²) in [6.07, 6.45) is 0. The summed E-state index contributed by atoms with van der Waals surface area (Å²) in [6.45, 7) is 5.65. The molecule has 0 atom stereocenters. The van der Waals surface area contributed by atoms with Crippen molar-refractivity contribution in [3.63, 3.8) is 0 Å². The lowest BCUT2D eigenvalue weighted by atomic mass is 9.71. The number of aliphatic hydroxyl groups excluding tert-OH is 2. The van der Waals surface area contributed by atoms with Crippen LogP contribution in [0.25, 0.3) is 0 Å². The highest BCUT2D eigenvalue weighted by Gasteiger charge is 2.31. The molecule has 4 N–H and O–H groups in total. The highest BCUT2D eigenvalue weighted by Crippen LogP contribution is 2.39. The summed E-state index contributed by atoms with van der Waals surface area (Å²) in [5.41, 5.74) is 6.56. The molecule has 0 aromatic heterocycles. The second-order valence-electron chi connectivity index (χ2n) is 7.45. The van der Waals surface area contributed by atoms with Gasteiger partial charge in [0, 0.05) is 29.9 Å². The van der Waals surface area contributed by atoms with Crippen LogP contribution < -0.4 is 10.6 Å². The predicted molar refractivity (Wildman–Crippen MR) is 121 cm³/mol. The quantitative estimate of drug-likeness (QED) is 0.414. The average molecular weight is 391 g/mol. The molecule has 29 heavy (non-hydrogen) atoms. The summed E-state index contributed by atoms with van der Waals surface area (Å²) in [4.78, 5) is 0. The Balaban J connectivity index is 2.01. The summed E-state index contributed by atoms with van der Waals surface area (Å²) in [7, 11) is 0.